The molecule has 6 nitrogen and oxygen atoms in total. The van der Waals surface area contributed by atoms with Crippen LogP contribution in [0, 0.1) is 0 Å². The van der Waals surface area contributed by atoms with E-state index in [-0.39, 0.29) is 11.7 Å². The Morgan fingerprint density at radius 1 is 1.10 bits per heavy atom. The molecule has 0 bridgehead atoms. The lowest BCUT2D eigenvalue weighted by Gasteiger charge is -2.08. The van der Waals surface area contributed by atoms with Gasteiger partial charge in [-0.25, -0.2) is 4.98 Å². The van der Waals surface area contributed by atoms with Crippen LogP contribution in [0.5, 0.6) is 0 Å². The van der Waals surface area contributed by atoms with Crippen LogP contribution in [0.1, 0.15) is 13.3 Å². The predicted molar refractivity (Wildman–Crippen MR) is 119 cm³/mol. The zero-order valence-electron chi connectivity index (χ0n) is 15.5. The molecule has 148 valence electrons. The van der Waals surface area contributed by atoms with Gasteiger partial charge in [-0.05, 0) is 24.6 Å². The van der Waals surface area contributed by atoms with Crippen molar-refractivity contribution in [3.63, 3.8) is 0 Å². The van der Waals surface area contributed by atoms with Crippen LogP contribution in [0.3, 0.4) is 0 Å². The van der Waals surface area contributed by atoms with E-state index in [1.54, 1.807) is 18.2 Å². The molecule has 0 atom stereocenters. The van der Waals surface area contributed by atoms with Gasteiger partial charge in [0.2, 0.25) is 11.1 Å². The lowest BCUT2D eigenvalue weighted by atomic mass is 10.2. The molecule has 2 heterocycles. The second-order valence-electron chi connectivity index (χ2n) is 6.37. The minimum atomic E-state index is -0.247. The van der Waals surface area contributed by atoms with E-state index in [0.717, 1.165) is 35.0 Å². The Morgan fingerprint density at radius 2 is 1.86 bits per heavy atom. The summed E-state index contributed by atoms with van der Waals surface area (Å²) in [5, 5.41) is 13.6. The minimum absolute atomic E-state index is 0.114. The van der Waals surface area contributed by atoms with E-state index in [2.05, 4.69) is 38.1 Å². The number of aromatic nitrogens is 4. The topological polar surface area (TPSA) is 72.7 Å². The maximum Gasteiger partial charge on any atom is 0.234 e. The van der Waals surface area contributed by atoms with Crippen molar-refractivity contribution in [1.29, 1.82) is 0 Å². The maximum atomic E-state index is 12.3. The fourth-order valence-electron chi connectivity index (χ4n) is 3.12. The van der Waals surface area contributed by atoms with Crippen molar-refractivity contribution >= 4 is 68.6 Å². The third-order valence-corrected chi connectivity index (χ3v) is 5.83. The number of fused-ring (bicyclic) bond motifs is 3. The molecule has 0 aliphatic heterocycles. The number of halogens is 2. The van der Waals surface area contributed by atoms with Gasteiger partial charge in [-0.1, -0.05) is 66.2 Å². The summed E-state index contributed by atoms with van der Waals surface area (Å²) in [4.78, 5) is 17.0. The zero-order chi connectivity index (χ0) is 20.4. The number of nitrogens with one attached hydrogen (secondary N) is 1. The summed E-state index contributed by atoms with van der Waals surface area (Å²) in [6.07, 6.45) is 0.973. The van der Waals surface area contributed by atoms with Gasteiger partial charge in [-0.2, -0.15) is 0 Å². The molecule has 4 rings (SSSR count). The molecule has 0 saturated carbocycles. The molecule has 29 heavy (non-hydrogen) atoms. The van der Waals surface area contributed by atoms with Gasteiger partial charge >= 0.3 is 0 Å². The highest BCUT2D eigenvalue weighted by atomic mass is 35.5. The molecule has 9 heteroatoms. The fourth-order valence-corrected chi connectivity index (χ4v) is 4.20. The number of hydrogen-bond acceptors (Lipinski definition) is 5. The second kappa shape index (κ2) is 8.57. The Morgan fingerprint density at radius 3 is 2.62 bits per heavy atom. The molecule has 1 amide bonds. The molecule has 0 unspecified atom stereocenters. The standard InChI is InChI=1S/C20H17Cl2N5OS/c1-2-10-27-15-9-4-3-6-12(15)17-19(27)24-20(26-25-17)29-11-16(28)23-18-13(21)7-5-8-14(18)22/h3-9H,2,10-11H2,1H3,(H,23,28). The van der Waals surface area contributed by atoms with Gasteiger partial charge in [0.05, 0.1) is 27.0 Å². The Labute approximate surface area is 181 Å². The molecule has 0 aliphatic rings. The van der Waals surface area contributed by atoms with Crippen molar-refractivity contribution in [2.45, 2.75) is 25.0 Å². The number of rotatable bonds is 6. The highest BCUT2D eigenvalue weighted by molar-refractivity contribution is 7.99. The van der Waals surface area contributed by atoms with Crippen molar-refractivity contribution in [2.24, 2.45) is 0 Å². The Bertz CT molecular complexity index is 1190. The summed E-state index contributed by atoms with van der Waals surface area (Å²) in [6.45, 7) is 2.95. The van der Waals surface area contributed by atoms with E-state index in [9.17, 15) is 4.79 Å². The molecule has 1 N–H and O–H groups in total. The van der Waals surface area contributed by atoms with Crippen LogP contribution in [-0.2, 0) is 11.3 Å². The number of benzene rings is 2. The predicted octanol–water partition coefficient (Wildman–Crippen LogP) is 5.43. The molecule has 0 fully saturated rings. The monoisotopic (exact) mass is 445 g/mol. The Balaban J connectivity index is 1.56. The number of amides is 1. The quantitative estimate of drug-likeness (QED) is 0.400. The first-order chi connectivity index (χ1) is 14.1. The number of carbonyl (C=O) groups excluding carboxylic acids is 1. The average molecular weight is 446 g/mol. The van der Waals surface area contributed by atoms with Gasteiger partial charge in [0, 0.05) is 11.9 Å². The van der Waals surface area contributed by atoms with Crippen LogP contribution in [0.25, 0.3) is 22.1 Å². The third kappa shape index (κ3) is 4.03. The van der Waals surface area contributed by atoms with E-state index < -0.39 is 0 Å². The van der Waals surface area contributed by atoms with Crippen molar-refractivity contribution in [3.05, 3.63) is 52.5 Å². The van der Waals surface area contributed by atoms with Gasteiger partial charge in [0.25, 0.3) is 0 Å². The fraction of sp³-hybridized carbons (Fsp3) is 0.200. The summed E-state index contributed by atoms with van der Waals surface area (Å²) < 4.78 is 2.15. The number of thioether (sulfide) groups is 1. The van der Waals surface area contributed by atoms with Crippen molar-refractivity contribution in [2.75, 3.05) is 11.1 Å². The molecule has 2 aromatic heterocycles. The van der Waals surface area contributed by atoms with Gasteiger partial charge in [-0.15, -0.1) is 10.2 Å². The first kappa shape index (κ1) is 19.9. The van der Waals surface area contributed by atoms with Gasteiger partial charge in [-0.3, -0.25) is 4.79 Å². The molecule has 0 saturated heterocycles. The molecule has 0 radical (unpaired) electrons. The average Bonchev–Trinajstić information content (AvgIpc) is 3.03. The minimum Gasteiger partial charge on any atom is -0.324 e. The van der Waals surface area contributed by atoms with E-state index >= 15 is 0 Å². The highest BCUT2D eigenvalue weighted by Gasteiger charge is 2.15. The number of nitrogens with zero attached hydrogens (tertiary/aromatic N) is 4. The van der Waals surface area contributed by atoms with E-state index in [0.29, 0.717) is 20.9 Å². The number of hydrogen-bond donors (Lipinski definition) is 1. The molecular formula is C20H17Cl2N5OS. The second-order valence-corrected chi connectivity index (χ2v) is 8.13. The highest BCUT2D eigenvalue weighted by Crippen LogP contribution is 2.30. The summed E-state index contributed by atoms with van der Waals surface area (Å²) in [6, 6.07) is 13.1. The van der Waals surface area contributed by atoms with Crippen LogP contribution in [-0.4, -0.2) is 31.4 Å². The molecule has 0 spiro atoms. The summed E-state index contributed by atoms with van der Waals surface area (Å²) in [5.74, 6) is -0.134. The largest absolute Gasteiger partial charge is 0.324 e. The van der Waals surface area contributed by atoms with Crippen LogP contribution < -0.4 is 5.32 Å². The molecule has 0 aliphatic carbocycles. The van der Waals surface area contributed by atoms with Gasteiger partial charge in [0.15, 0.2) is 5.65 Å². The maximum absolute atomic E-state index is 12.3. The lowest BCUT2D eigenvalue weighted by Crippen LogP contribution is -2.15. The number of para-hydroxylation sites is 2. The van der Waals surface area contributed by atoms with E-state index in [4.69, 9.17) is 23.2 Å². The normalized spacial score (nSPS) is 11.3. The van der Waals surface area contributed by atoms with Crippen molar-refractivity contribution in [1.82, 2.24) is 19.7 Å². The van der Waals surface area contributed by atoms with Crippen LogP contribution in [0.15, 0.2) is 47.6 Å². The third-order valence-electron chi connectivity index (χ3n) is 4.36. The van der Waals surface area contributed by atoms with Crippen molar-refractivity contribution in [3.8, 4) is 0 Å². The first-order valence-corrected chi connectivity index (χ1v) is 10.8. The van der Waals surface area contributed by atoms with Crippen LogP contribution in [0.2, 0.25) is 10.0 Å². The molecular weight excluding hydrogens is 429 g/mol. The summed E-state index contributed by atoms with van der Waals surface area (Å²) in [7, 11) is 0. The molecule has 2 aromatic carbocycles. The lowest BCUT2D eigenvalue weighted by molar-refractivity contribution is -0.113. The van der Waals surface area contributed by atoms with Crippen LogP contribution in [0.4, 0.5) is 5.69 Å². The Hall–Kier alpha value is -2.35. The van der Waals surface area contributed by atoms with Gasteiger partial charge < -0.3 is 9.88 Å². The summed E-state index contributed by atoms with van der Waals surface area (Å²) in [5.41, 5.74) is 3.03. The van der Waals surface area contributed by atoms with E-state index in [1.807, 2.05) is 18.2 Å². The number of carbonyl (C=O) groups is 1. The smallest absolute Gasteiger partial charge is 0.234 e. The van der Waals surface area contributed by atoms with E-state index in [1.165, 1.54) is 11.8 Å². The first-order valence-electron chi connectivity index (χ1n) is 9.06. The molecule has 4 aromatic rings. The van der Waals surface area contributed by atoms with Gasteiger partial charge in [0.1, 0.15) is 5.52 Å². The van der Waals surface area contributed by atoms with Crippen molar-refractivity contribution < 1.29 is 4.79 Å². The van der Waals surface area contributed by atoms with Crippen LogP contribution >= 0.6 is 35.0 Å². The number of aryl methyl sites for hydroxylation is 1. The number of anilines is 1. The Kier molecular flexibility index (Phi) is 5.89. The zero-order valence-corrected chi connectivity index (χ0v) is 17.9. The summed E-state index contributed by atoms with van der Waals surface area (Å²) >= 11 is 13.4. The SMILES string of the molecule is CCCn1c2ccccc2c2nnc(SCC(=O)Nc3c(Cl)cccc3Cl)nc21.